The van der Waals surface area contributed by atoms with Gasteiger partial charge in [0.25, 0.3) is 0 Å². The normalized spacial score (nSPS) is 49.3. The van der Waals surface area contributed by atoms with E-state index < -0.39 is 5.97 Å². The lowest BCUT2D eigenvalue weighted by molar-refractivity contribution is -0.148. The molecule has 0 spiro atoms. The first-order chi connectivity index (χ1) is 8.00. The maximum atomic E-state index is 11.1. The second-order valence-corrected chi connectivity index (χ2v) is 7.20. The monoisotopic (exact) mass is 236 g/mol. The van der Waals surface area contributed by atoms with Gasteiger partial charge in [-0.3, -0.25) is 4.79 Å². The summed E-state index contributed by atoms with van der Waals surface area (Å²) in [6.07, 6.45) is 7.86. The molecule has 2 nitrogen and oxygen atoms in total. The first-order valence-corrected chi connectivity index (χ1v) is 7.23. The predicted octanol–water partition coefficient (Wildman–Crippen LogP) is 3.56. The molecule has 0 aromatic carbocycles. The number of carboxylic acid groups (broad SMARTS) is 1. The molecule has 0 aliphatic heterocycles. The minimum Gasteiger partial charge on any atom is -0.481 e. The molecule has 0 aromatic heterocycles. The van der Waals surface area contributed by atoms with Crippen molar-refractivity contribution in [2.75, 3.05) is 0 Å². The van der Waals surface area contributed by atoms with Crippen LogP contribution in [0.15, 0.2) is 0 Å². The van der Waals surface area contributed by atoms with Crippen LogP contribution in [0.3, 0.4) is 0 Å². The molecule has 4 atom stereocenters. The number of rotatable bonds is 3. The van der Waals surface area contributed by atoms with Crippen molar-refractivity contribution in [3.05, 3.63) is 0 Å². The van der Waals surface area contributed by atoms with E-state index >= 15 is 0 Å². The van der Waals surface area contributed by atoms with Crippen LogP contribution in [0.2, 0.25) is 0 Å². The molecular weight excluding hydrogens is 212 g/mol. The lowest BCUT2D eigenvalue weighted by Gasteiger charge is -2.61. The Hall–Kier alpha value is -0.530. The summed E-state index contributed by atoms with van der Waals surface area (Å²) >= 11 is 0. The second-order valence-electron chi connectivity index (χ2n) is 7.20. The highest BCUT2D eigenvalue weighted by Gasteiger charge is 2.55. The number of hydrogen-bond donors (Lipinski definition) is 1. The van der Waals surface area contributed by atoms with Gasteiger partial charge < -0.3 is 5.11 Å². The van der Waals surface area contributed by atoms with Crippen LogP contribution in [0.5, 0.6) is 0 Å². The van der Waals surface area contributed by atoms with Crippen LogP contribution in [0, 0.1) is 35.0 Å². The number of aliphatic carboxylic acids is 1. The molecule has 0 heterocycles. The molecule has 4 unspecified atom stereocenters. The van der Waals surface area contributed by atoms with Gasteiger partial charge in [0.1, 0.15) is 0 Å². The van der Waals surface area contributed by atoms with Crippen molar-refractivity contribution in [1.82, 2.24) is 0 Å². The summed E-state index contributed by atoms with van der Waals surface area (Å²) in [4.78, 5) is 11.1. The Morgan fingerprint density at radius 3 is 2.41 bits per heavy atom. The van der Waals surface area contributed by atoms with E-state index in [2.05, 4.69) is 6.92 Å². The molecule has 4 rings (SSSR count). The van der Waals surface area contributed by atoms with Crippen molar-refractivity contribution in [2.24, 2.45) is 35.0 Å². The van der Waals surface area contributed by atoms with Gasteiger partial charge >= 0.3 is 5.97 Å². The summed E-state index contributed by atoms with van der Waals surface area (Å²) in [5, 5.41) is 9.17. The smallest absolute Gasteiger partial charge is 0.306 e. The van der Waals surface area contributed by atoms with Crippen molar-refractivity contribution in [3.63, 3.8) is 0 Å². The van der Waals surface area contributed by atoms with Crippen molar-refractivity contribution in [3.8, 4) is 0 Å². The van der Waals surface area contributed by atoms with Crippen molar-refractivity contribution in [1.29, 1.82) is 0 Å². The van der Waals surface area contributed by atoms with E-state index in [4.69, 9.17) is 5.11 Å². The van der Waals surface area contributed by atoms with E-state index in [-0.39, 0.29) is 5.92 Å². The Morgan fingerprint density at radius 1 is 1.29 bits per heavy atom. The van der Waals surface area contributed by atoms with Gasteiger partial charge in [0.2, 0.25) is 0 Å². The quantitative estimate of drug-likeness (QED) is 0.813. The number of hydrogen-bond acceptors (Lipinski definition) is 1. The third-order valence-corrected chi connectivity index (χ3v) is 6.14. The van der Waals surface area contributed by atoms with Crippen LogP contribution in [0.25, 0.3) is 0 Å². The van der Waals surface area contributed by atoms with Gasteiger partial charge in [-0.25, -0.2) is 0 Å². The Balaban J connectivity index is 1.83. The molecule has 4 bridgehead atoms. The van der Waals surface area contributed by atoms with Crippen molar-refractivity contribution in [2.45, 2.75) is 52.4 Å². The molecule has 4 aliphatic rings. The first kappa shape index (κ1) is 11.6. The maximum Gasteiger partial charge on any atom is 0.306 e. The lowest BCUT2D eigenvalue weighted by Crippen LogP contribution is -2.52. The summed E-state index contributed by atoms with van der Waals surface area (Å²) in [6.45, 7) is 4.30. The molecule has 2 heteroatoms. The highest BCUT2D eigenvalue weighted by molar-refractivity contribution is 5.69. The molecule has 96 valence electrons. The lowest BCUT2D eigenvalue weighted by atomic mass is 9.44. The zero-order valence-electron chi connectivity index (χ0n) is 11.0. The highest BCUT2D eigenvalue weighted by Crippen LogP contribution is 2.64. The average Bonchev–Trinajstić information content (AvgIpc) is 2.24. The van der Waals surface area contributed by atoms with E-state index in [1.54, 1.807) is 0 Å². The van der Waals surface area contributed by atoms with Gasteiger partial charge in [-0.2, -0.15) is 0 Å². The zero-order chi connectivity index (χ0) is 12.2. The van der Waals surface area contributed by atoms with Crippen LogP contribution in [0.4, 0.5) is 0 Å². The van der Waals surface area contributed by atoms with Gasteiger partial charge in [0.15, 0.2) is 0 Å². The fraction of sp³-hybridized carbons (Fsp3) is 0.933. The Labute approximate surface area is 104 Å². The molecule has 4 fully saturated rings. The number of carbonyl (C=O) groups is 1. The summed E-state index contributed by atoms with van der Waals surface area (Å²) in [5.41, 5.74) is 0.382. The molecule has 0 saturated heterocycles. The minimum absolute atomic E-state index is 0.159. The van der Waals surface area contributed by atoms with Crippen LogP contribution in [0.1, 0.15) is 52.4 Å². The zero-order valence-corrected chi connectivity index (χ0v) is 11.0. The molecule has 4 aliphatic carbocycles. The van der Waals surface area contributed by atoms with E-state index in [1.807, 2.05) is 6.92 Å². The van der Waals surface area contributed by atoms with E-state index in [1.165, 1.54) is 32.1 Å². The predicted molar refractivity (Wildman–Crippen MR) is 66.6 cm³/mol. The van der Waals surface area contributed by atoms with Gasteiger partial charge in [0.05, 0.1) is 5.92 Å². The maximum absolute atomic E-state index is 11.1. The van der Waals surface area contributed by atoms with Crippen LogP contribution in [-0.4, -0.2) is 11.1 Å². The van der Waals surface area contributed by atoms with Crippen LogP contribution >= 0.6 is 0 Å². The minimum atomic E-state index is -0.604. The summed E-state index contributed by atoms with van der Waals surface area (Å²) in [5.74, 6) is 2.75. The third-order valence-electron chi connectivity index (χ3n) is 6.14. The highest BCUT2D eigenvalue weighted by atomic mass is 16.4. The summed E-state index contributed by atoms with van der Waals surface area (Å²) in [7, 11) is 0. The van der Waals surface area contributed by atoms with E-state index in [0.717, 1.165) is 30.1 Å². The van der Waals surface area contributed by atoms with Crippen LogP contribution in [-0.2, 0) is 4.79 Å². The molecule has 0 aromatic rings. The fourth-order valence-corrected chi connectivity index (χ4v) is 5.51. The van der Waals surface area contributed by atoms with Gasteiger partial charge in [-0.1, -0.05) is 13.8 Å². The van der Waals surface area contributed by atoms with E-state index in [0.29, 0.717) is 5.41 Å². The molecule has 0 radical (unpaired) electrons. The number of carboxylic acids is 1. The van der Waals surface area contributed by atoms with Crippen molar-refractivity contribution >= 4 is 5.97 Å². The average molecular weight is 236 g/mol. The van der Waals surface area contributed by atoms with Gasteiger partial charge in [0, 0.05) is 0 Å². The SMILES string of the molecule is CC(CC12CC3CC(CC(C3)C1C)C2)C(=O)O. The molecule has 1 N–H and O–H groups in total. The third kappa shape index (κ3) is 1.71. The fourth-order valence-electron chi connectivity index (χ4n) is 5.51. The largest absolute Gasteiger partial charge is 0.481 e. The Bertz CT molecular complexity index is 322. The van der Waals surface area contributed by atoms with Gasteiger partial charge in [-0.05, 0) is 67.6 Å². The van der Waals surface area contributed by atoms with E-state index in [9.17, 15) is 4.79 Å². The molecule has 0 amide bonds. The summed E-state index contributed by atoms with van der Waals surface area (Å²) < 4.78 is 0. The van der Waals surface area contributed by atoms with Gasteiger partial charge in [-0.15, -0.1) is 0 Å². The first-order valence-electron chi connectivity index (χ1n) is 7.23. The van der Waals surface area contributed by atoms with Crippen molar-refractivity contribution < 1.29 is 9.90 Å². The topological polar surface area (TPSA) is 37.3 Å². The van der Waals surface area contributed by atoms with Crippen LogP contribution < -0.4 is 0 Å². The Morgan fingerprint density at radius 2 is 1.88 bits per heavy atom. The standard InChI is InChI=1S/C15H24O2/c1-9(14(16)17)6-15-7-11-3-12(8-15)5-13(4-11)10(15)2/h9-13H,3-8H2,1-2H3,(H,16,17). The molecular formula is C15H24O2. The second kappa shape index (κ2) is 3.73. The Kier molecular flexibility index (Phi) is 2.53. The molecule has 17 heavy (non-hydrogen) atoms. The molecule has 4 saturated carbocycles. The summed E-state index contributed by atoms with van der Waals surface area (Å²) in [6, 6.07) is 0.